The maximum atomic E-state index is 13.1. The highest BCUT2D eigenvalue weighted by atomic mass is 35.5. The molecule has 0 spiro atoms. The number of rotatable bonds is 4. The van der Waals surface area contributed by atoms with Crippen LogP contribution in [-0.2, 0) is 16.7 Å². The molecule has 8 heteroatoms. The number of alkyl halides is 1. The molecule has 24 heavy (non-hydrogen) atoms. The minimum Gasteiger partial charge on any atom is -0.244 e. The summed E-state index contributed by atoms with van der Waals surface area (Å²) in [6.45, 7) is -0.773. The molecule has 0 aliphatic heterocycles. The Morgan fingerprint density at radius 2 is 1.79 bits per heavy atom. The van der Waals surface area contributed by atoms with Crippen LogP contribution in [-0.4, -0.2) is 18.2 Å². The third-order valence-corrected chi connectivity index (χ3v) is 4.65. The molecule has 0 aliphatic rings. The van der Waals surface area contributed by atoms with E-state index in [0.717, 1.165) is 5.56 Å². The van der Waals surface area contributed by atoms with E-state index in [2.05, 4.69) is 5.10 Å². The number of primary sulfonamides is 1. The number of halogens is 2. The zero-order valence-corrected chi connectivity index (χ0v) is 13.9. The first-order chi connectivity index (χ1) is 11.4. The van der Waals surface area contributed by atoms with E-state index < -0.39 is 16.7 Å². The van der Waals surface area contributed by atoms with Gasteiger partial charge in [-0.1, -0.05) is 35.9 Å². The van der Waals surface area contributed by atoms with Crippen molar-refractivity contribution in [2.75, 3.05) is 0 Å². The maximum absolute atomic E-state index is 13.1. The summed E-state index contributed by atoms with van der Waals surface area (Å²) >= 11 is 5.90. The van der Waals surface area contributed by atoms with Crippen LogP contribution in [0.3, 0.4) is 0 Å². The van der Waals surface area contributed by atoms with Crippen LogP contribution in [0.5, 0.6) is 0 Å². The topological polar surface area (TPSA) is 78.0 Å². The number of nitrogens with zero attached hydrogens (tertiary/aromatic N) is 2. The predicted octanol–water partition coefficient (Wildman–Crippen LogP) is 3.31. The van der Waals surface area contributed by atoms with Gasteiger partial charge in [0.25, 0.3) is 0 Å². The van der Waals surface area contributed by atoms with Gasteiger partial charge in [0.05, 0.1) is 17.1 Å². The van der Waals surface area contributed by atoms with Crippen molar-refractivity contribution < 1.29 is 12.8 Å². The van der Waals surface area contributed by atoms with Crippen LogP contribution in [0, 0.1) is 0 Å². The van der Waals surface area contributed by atoms with Gasteiger partial charge in [-0.15, -0.1) is 0 Å². The number of benzene rings is 2. The second-order valence-electron chi connectivity index (χ2n) is 5.09. The standard InChI is InChI=1S/C16H13ClFN3O2S/c17-12-7-5-11(6-8-12)15-9-13(10-18)20-21(15)14-3-1-2-4-16(14)24(19,22)23/h1-9H,10H2,(H2,19,22,23). The van der Waals surface area contributed by atoms with Crippen LogP contribution in [0.1, 0.15) is 5.69 Å². The molecule has 0 atom stereocenters. The molecule has 2 N–H and O–H groups in total. The van der Waals surface area contributed by atoms with Gasteiger partial charge in [0.2, 0.25) is 10.0 Å². The van der Waals surface area contributed by atoms with E-state index >= 15 is 0 Å². The fraction of sp³-hybridized carbons (Fsp3) is 0.0625. The molecule has 0 bridgehead atoms. The molecular formula is C16H13ClFN3O2S. The van der Waals surface area contributed by atoms with Gasteiger partial charge in [-0.25, -0.2) is 22.6 Å². The van der Waals surface area contributed by atoms with Crippen molar-refractivity contribution in [2.45, 2.75) is 11.6 Å². The van der Waals surface area contributed by atoms with E-state index in [9.17, 15) is 12.8 Å². The van der Waals surface area contributed by atoms with E-state index in [1.807, 2.05) is 0 Å². The van der Waals surface area contributed by atoms with Gasteiger partial charge in [-0.05, 0) is 30.3 Å². The molecule has 1 heterocycles. The van der Waals surface area contributed by atoms with Crippen molar-refractivity contribution in [3.05, 3.63) is 65.3 Å². The predicted molar refractivity (Wildman–Crippen MR) is 90.2 cm³/mol. The lowest BCUT2D eigenvalue weighted by Gasteiger charge is -2.11. The van der Waals surface area contributed by atoms with Gasteiger partial charge in [0.1, 0.15) is 11.6 Å². The lowest BCUT2D eigenvalue weighted by Crippen LogP contribution is -2.16. The number of sulfonamides is 1. The Kier molecular flexibility index (Phi) is 4.40. The Bertz CT molecular complexity index is 985. The Balaban J connectivity index is 2.26. The molecule has 3 rings (SSSR count). The highest BCUT2D eigenvalue weighted by Crippen LogP contribution is 2.28. The fourth-order valence-corrected chi connectivity index (χ4v) is 3.22. The van der Waals surface area contributed by atoms with E-state index in [-0.39, 0.29) is 16.3 Å². The Hall–Kier alpha value is -2.22. The molecule has 0 saturated carbocycles. The molecule has 0 unspecified atom stereocenters. The zero-order valence-electron chi connectivity index (χ0n) is 12.4. The monoisotopic (exact) mass is 365 g/mol. The van der Waals surface area contributed by atoms with Crippen molar-refractivity contribution in [1.82, 2.24) is 9.78 Å². The van der Waals surface area contributed by atoms with E-state index in [4.69, 9.17) is 16.7 Å². The summed E-state index contributed by atoms with van der Waals surface area (Å²) in [6.07, 6.45) is 0. The van der Waals surface area contributed by atoms with Crippen LogP contribution in [0.2, 0.25) is 5.02 Å². The van der Waals surface area contributed by atoms with Crippen molar-refractivity contribution in [3.8, 4) is 16.9 Å². The fourth-order valence-electron chi connectivity index (χ4n) is 2.38. The summed E-state index contributed by atoms with van der Waals surface area (Å²) in [7, 11) is -3.96. The average Bonchev–Trinajstić information content (AvgIpc) is 2.99. The molecule has 0 fully saturated rings. The quantitative estimate of drug-likeness (QED) is 0.770. The van der Waals surface area contributed by atoms with Crippen LogP contribution >= 0.6 is 11.6 Å². The number of hydrogen-bond acceptors (Lipinski definition) is 3. The third kappa shape index (κ3) is 3.19. The molecule has 5 nitrogen and oxygen atoms in total. The van der Waals surface area contributed by atoms with Crippen molar-refractivity contribution in [1.29, 1.82) is 0 Å². The normalized spacial score (nSPS) is 11.6. The molecular weight excluding hydrogens is 353 g/mol. The Morgan fingerprint density at radius 1 is 1.12 bits per heavy atom. The second-order valence-corrected chi connectivity index (χ2v) is 7.05. The summed E-state index contributed by atoms with van der Waals surface area (Å²) in [5, 5.41) is 10.00. The molecule has 3 aromatic rings. The SMILES string of the molecule is NS(=O)(=O)c1ccccc1-n1nc(CF)cc1-c1ccc(Cl)cc1. The van der Waals surface area contributed by atoms with Gasteiger partial charge in [0, 0.05) is 10.6 Å². The van der Waals surface area contributed by atoms with Gasteiger partial charge < -0.3 is 0 Å². The first kappa shape index (κ1) is 16.6. The molecule has 0 aliphatic carbocycles. The van der Waals surface area contributed by atoms with Crippen molar-refractivity contribution in [2.24, 2.45) is 5.14 Å². The minimum atomic E-state index is -3.96. The molecule has 0 amide bonds. The third-order valence-electron chi connectivity index (χ3n) is 3.44. The summed E-state index contributed by atoms with van der Waals surface area (Å²) in [6, 6.07) is 14.6. The Labute approximate surface area is 143 Å². The second kappa shape index (κ2) is 6.35. The summed E-state index contributed by atoms with van der Waals surface area (Å²) in [5.41, 5.74) is 1.69. The smallest absolute Gasteiger partial charge is 0.240 e. The number of hydrogen-bond donors (Lipinski definition) is 1. The zero-order chi connectivity index (χ0) is 17.3. The first-order valence-electron chi connectivity index (χ1n) is 6.93. The highest BCUT2D eigenvalue weighted by molar-refractivity contribution is 7.89. The van der Waals surface area contributed by atoms with E-state index in [0.29, 0.717) is 10.7 Å². The van der Waals surface area contributed by atoms with Crippen molar-refractivity contribution >= 4 is 21.6 Å². The van der Waals surface area contributed by atoms with E-state index in [1.165, 1.54) is 10.7 Å². The molecule has 2 aromatic carbocycles. The summed E-state index contributed by atoms with van der Waals surface area (Å²) in [4.78, 5) is -0.0891. The number of nitrogens with two attached hydrogens (primary N) is 1. The number of para-hydroxylation sites is 1. The first-order valence-corrected chi connectivity index (χ1v) is 8.85. The summed E-state index contributed by atoms with van der Waals surface area (Å²) < 4.78 is 38.2. The lowest BCUT2D eigenvalue weighted by molar-refractivity contribution is 0.473. The minimum absolute atomic E-state index is 0.0891. The van der Waals surface area contributed by atoms with E-state index in [1.54, 1.807) is 48.5 Å². The molecule has 0 saturated heterocycles. The summed E-state index contributed by atoms with van der Waals surface area (Å²) in [5.74, 6) is 0. The maximum Gasteiger partial charge on any atom is 0.240 e. The van der Waals surface area contributed by atoms with Gasteiger partial charge >= 0.3 is 0 Å². The average molecular weight is 366 g/mol. The van der Waals surface area contributed by atoms with Crippen LogP contribution in [0.15, 0.2) is 59.5 Å². The largest absolute Gasteiger partial charge is 0.244 e. The molecule has 124 valence electrons. The lowest BCUT2D eigenvalue weighted by atomic mass is 10.1. The highest BCUT2D eigenvalue weighted by Gasteiger charge is 2.19. The molecule has 0 radical (unpaired) electrons. The number of aromatic nitrogens is 2. The molecule has 1 aromatic heterocycles. The van der Waals surface area contributed by atoms with Crippen LogP contribution in [0.25, 0.3) is 16.9 Å². The van der Waals surface area contributed by atoms with Crippen LogP contribution in [0.4, 0.5) is 4.39 Å². The van der Waals surface area contributed by atoms with Gasteiger partial charge in [-0.3, -0.25) is 0 Å². The van der Waals surface area contributed by atoms with Gasteiger partial charge in [-0.2, -0.15) is 5.10 Å². The van der Waals surface area contributed by atoms with Crippen LogP contribution < -0.4 is 5.14 Å². The van der Waals surface area contributed by atoms with Crippen molar-refractivity contribution in [3.63, 3.8) is 0 Å². The Morgan fingerprint density at radius 3 is 2.42 bits per heavy atom. The van der Waals surface area contributed by atoms with Gasteiger partial charge in [0.15, 0.2) is 0 Å².